The van der Waals surface area contributed by atoms with Crippen LogP contribution in [0, 0.1) is 19.7 Å². The summed E-state index contributed by atoms with van der Waals surface area (Å²) in [6.07, 6.45) is 0. The van der Waals surface area contributed by atoms with Crippen molar-refractivity contribution in [1.29, 1.82) is 0 Å². The number of benzene rings is 2. The van der Waals surface area contributed by atoms with Crippen molar-refractivity contribution in [2.45, 2.75) is 20.5 Å². The fraction of sp³-hybridized carbons (Fsp3) is 0.167. The molecular weight excluding hydrogens is 389 g/mol. The van der Waals surface area contributed by atoms with Crippen LogP contribution in [0.4, 0.5) is 4.39 Å². The van der Waals surface area contributed by atoms with Crippen molar-refractivity contribution in [1.82, 2.24) is 15.0 Å². The van der Waals surface area contributed by atoms with Gasteiger partial charge in [0.2, 0.25) is 0 Å². The van der Waals surface area contributed by atoms with Crippen molar-refractivity contribution >= 4 is 21.9 Å². The third-order valence-corrected chi connectivity index (χ3v) is 4.65. The molecule has 0 aliphatic heterocycles. The Balaban J connectivity index is 1.76. The summed E-state index contributed by atoms with van der Waals surface area (Å²) in [6, 6.07) is 11.5. The van der Waals surface area contributed by atoms with Gasteiger partial charge in [-0.3, -0.25) is 0 Å². The van der Waals surface area contributed by atoms with Crippen LogP contribution in [0.1, 0.15) is 27.3 Å². The molecule has 0 aliphatic rings. The number of esters is 1. The van der Waals surface area contributed by atoms with Crippen molar-refractivity contribution in [3.63, 3.8) is 0 Å². The van der Waals surface area contributed by atoms with Crippen LogP contribution in [0.2, 0.25) is 0 Å². The quantitative estimate of drug-likeness (QED) is 0.614. The standard InChI is InChI=1S/C18H15BrFN3O2/c1-11-9-15(7-8-16(11)19)23-12(2)17(21-22-23)18(24)25-10-13-3-5-14(20)6-4-13/h3-9H,10H2,1-2H3. The second-order valence-electron chi connectivity index (χ2n) is 5.57. The van der Waals surface area contributed by atoms with E-state index in [1.54, 1.807) is 23.7 Å². The number of aromatic nitrogens is 3. The highest BCUT2D eigenvalue weighted by molar-refractivity contribution is 9.10. The number of halogens is 2. The molecule has 0 bridgehead atoms. The van der Waals surface area contributed by atoms with Crippen molar-refractivity contribution in [3.05, 3.63) is 75.3 Å². The van der Waals surface area contributed by atoms with Crippen LogP contribution in [0.25, 0.3) is 5.69 Å². The summed E-state index contributed by atoms with van der Waals surface area (Å²) in [4.78, 5) is 12.3. The molecule has 25 heavy (non-hydrogen) atoms. The number of aryl methyl sites for hydroxylation is 1. The fourth-order valence-electron chi connectivity index (χ4n) is 2.32. The number of carbonyl (C=O) groups is 1. The third kappa shape index (κ3) is 3.76. The Morgan fingerprint density at radius 1 is 1.20 bits per heavy atom. The van der Waals surface area contributed by atoms with Gasteiger partial charge in [0.25, 0.3) is 0 Å². The van der Waals surface area contributed by atoms with Crippen molar-refractivity contribution in [2.75, 3.05) is 0 Å². The smallest absolute Gasteiger partial charge is 0.361 e. The maximum atomic E-state index is 12.9. The predicted molar refractivity (Wildman–Crippen MR) is 94.1 cm³/mol. The number of ether oxygens (including phenoxy) is 1. The zero-order chi connectivity index (χ0) is 18.0. The average molecular weight is 404 g/mol. The SMILES string of the molecule is Cc1cc(-n2nnc(C(=O)OCc3ccc(F)cc3)c2C)ccc1Br. The number of nitrogens with zero attached hydrogens (tertiary/aromatic N) is 3. The second-order valence-corrected chi connectivity index (χ2v) is 6.43. The van der Waals surface area contributed by atoms with Gasteiger partial charge in [-0.15, -0.1) is 5.10 Å². The molecule has 0 saturated heterocycles. The van der Waals surface area contributed by atoms with E-state index >= 15 is 0 Å². The molecule has 5 nitrogen and oxygen atoms in total. The first-order chi connectivity index (χ1) is 12.0. The van der Waals surface area contributed by atoms with Gasteiger partial charge >= 0.3 is 5.97 Å². The lowest BCUT2D eigenvalue weighted by molar-refractivity contribution is 0.0464. The third-order valence-electron chi connectivity index (χ3n) is 3.76. The molecule has 0 spiro atoms. The minimum atomic E-state index is -0.568. The lowest BCUT2D eigenvalue weighted by atomic mass is 10.2. The number of rotatable bonds is 4. The molecular formula is C18H15BrFN3O2. The second kappa shape index (κ2) is 7.14. The van der Waals surface area contributed by atoms with E-state index in [1.165, 1.54) is 12.1 Å². The minimum Gasteiger partial charge on any atom is -0.456 e. The molecule has 0 unspecified atom stereocenters. The molecule has 2 aromatic carbocycles. The lowest BCUT2D eigenvalue weighted by Gasteiger charge is -2.06. The molecule has 7 heteroatoms. The molecule has 0 saturated carbocycles. The van der Waals surface area contributed by atoms with E-state index in [0.717, 1.165) is 15.7 Å². The van der Waals surface area contributed by atoms with Gasteiger partial charge in [-0.2, -0.15) is 0 Å². The molecule has 0 radical (unpaired) electrons. The summed E-state index contributed by atoms with van der Waals surface area (Å²) in [7, 11) is 0. The molecule has 0 amide bonds. The van der Waals surface area contributed by atoms with Crippen LogP contribution < -0.4 is 0 Å². The van der Waals surface area contributed by atoms with Crippen LogP contribution in [0.5, 0.6) is 0 Å². The van der Waals surface area contributed by atoms with E-state index in [0.29, 0.717) is 11.3 Å². The molecule has 3 aromatic rings. The minimum absolute atomic E-state index is 0.0444. The zero-order valence-electron chi connectivity index (χ0n) is 13.7. The monoisotopic (exact) mass is 403 g/mol. The van der Waals surface area contributed by atoms with Gasteiger partial charge in [0.15, 0.2) is 5.69 Å². The normalized spacial score (nSPS) is 10.7. The highest BCUT2D eigenvalue weighted by Crippen LogP contribution is 2.21. The molecule has 0 fully saturated rings. The molecule has 1 aromatic heterocycles. The Labute approximate surface area is 152 Å². The largest absolute Gasteiger partial charge is 0.456 e. The molecule has 0 N–H and O–H groups in total. The van der Waals surface area contributed by atoms with Gasteiger partial charge in [-0.1, -0.05) is 33.3 Å². The summed E-state index contributed by atoms with van der Waals surface area (Å²) >= 11 is 3.45. The molecule has 1 heterocycles. The summed E-state index contributed by atoms with van der Waals surface area (Å²) in [5.41, 5.74) is 3.30. The van der Waals surface area contributed by atoms with Crippen LogP contribution in [0.3, 0.4) is 0 Å². The molecule has 128 valence electrons. The van der Waals surface area contributed by atoms with Crippen LogP contribution in [-0.2, 0) is 11.3 Å². The van der Waals surface area contributed by atoms with Crippen molar-refractivity contribution < 1.29 is 13.9 Å². The zero-order valence-corrected chi connectivity index (χ0v) is 15.2. The van der Waals surface area contributed by atoms with Gasteiger partial charge in [0.05, 0.1) is 11.4 Å². The van der Waals surface area contributed by atoms with Crippen LogP contribution >= 0.6 is 15.9 Å². The average Bonchev–Trinajstić information content (AvgIpc) is 2.98. The molecule has 0 aliphatic carbocycles. The van der Waals surface area contributed by atoms with E-state index in [9.17, 15) is 9.18 Å². The number of hydrogen-bond donors (Lipinski definition) is 0. The van der Waals surface area contributed by atoms with Gasteiger partial charge < -0.3 is 4.74 Å². The van der Waals surface area contributed by atoms with Crippen molar-refractivity contribution in [3.8, 4) is 5.69 Å². The lowest BCUT2D eigenvalue weighted by Crippen LogP contribution is -2.08. The highest BCUT2D eigenvalue weighted by Gasteiger charge is 2.19. The van der Waals surface area contributed by atoms with Gasteiger partial charge in [-0.05, 0) is 55.3 Å². The van der Waals surface area contributed by atoms with E-state index in [2.05, 4.69) is 26.2 Å². The summed E-state index contributed by atoms with van der Waals surface area (Å²) in [6.45, 7) is 3.77. The van der Waals surface area contributed by atoms with Crippen molar-refractivity contribution in [2.24, 2.45) is 0 Å². The Morgan fingerprint density at radius 2 is 1.92 bits per heavy atom. The molecule has 3 rings (SSSR count). The van der Waals surface area contributed by atoms with Crippen LogP contribution in [-0.4, -0.2) is 21.0 Å². The Hall–Kier alpha value is -2.54. The Bertz CT molecular complexity index is 923. The predicted octanol–water partition coefficient (Wildman–Crippen LogP) is 4.14. The summed E-state index contributed by atoms with van der Waals surface area (Å²) in [5.74, 6) is -0.902. The van der Waals surface area contributed by atoms with Crippen LogP contribution in [0.15, 0.2) is 46.9 Å². The Morgan fingerprint density at radius 3 is 2.60 bits per heavy atom. The first-order valence-corrected chi connectivity index (χ1v) is 8.35. The Kier molecular flexibility index (Phi) is 4.94. The maximum Gasteiger partial charge on any atom is 0.361 e. The van der Waals surface area contributed by atoms with Gasteiger partial charge in [0, 0.05) is 4.47 Å². The van der Waals surface area contributed by atoms with Gasteiger partial charge in [0.1, 0.15) is 12.4 Å². The van der Waals surface area contributed by atoms with E-state index < -0.39 is 5.97 Å². The summed E-state index contributed by atoms with van der Waals surface area (Å²) < 4.78 is 20.7. The first kappa shape index (κ1) is 17.3. The van der Waals surface area contributed by atoms with Gasteiger partial charge in [-0.25, -0.2) is 13.9 Å². The number of carbonyl (C=O) groups excluding carboxylic acids is 1. The topological polar surface area (TPSA) is 57.0 Å². The van der Waals surface area contributed by atoms with E-state index in [1.807, 2.05) is 25.1 Å². The molecule has 0 atom stereocenters. The number of hydrogen-bond acceptors (Lipinski definition) is 4. The van der Waals surface area contributed by atoms with E-state index in [4.69, 9.17) is 4.74 Å². The van der Waals surface area contributed by atoms with E-state index in [-0.39, 0.29) is 18.1 Å². The maximum absolute atomic E-state index is 12.9. The summed E-state index contributed by atoms with van der Waals surface area (Å²) in [5, 5.41) is 7.98. The fourth-order valence-corrected chi connectivity index (χ4v) is 2.57. The first-order valence-electron chi connectivity index (χ1n) is 7.56. The highest BCUT2D eigenvalue weighted by atomic mass is 79.9.